The zero-order valence-electron chi connectivity index (χ0n) is 9.09. The summed E-state index contributed by atoms with van der Waals surface area (Å²) in [7, 11) is 0. The topological polar surface area (TPSA) is 34.9 Å². The number of hydrogen-bond donors (Lipinski definition) is 1. The Morgan fingerprint density at radius 2 is 2.44 bits per heavy atom. The molecule has 0 spiro atoms. The highest BCUT2D eigenvalue weighted by Crippen LogP contribution is 2.14. The van der Waals surface area contributed by atoms with Crippen molar-refractivity contribution in [1.29, 1.82) is 0 Å². The van der Waals surface area contributed by atoms with Gasteiger partial charge in [0.05, 0.1) is 11.7 Å². The number of thiophene rings is 1. The molecule has 5 heteroatoms. The Morgan fingerprint density at radius 1 is 1.62 bits per heavy atom. The zero-order valence-corrected chi connectivity index (χ0v) is 10.8. The second kappa shape index (κ2) is 5.01. The standard InChI is InChI=1S/C11H14N2OS2/c1-2-8(6-15)5-13-7-12-10-9(11(13)14)3-4-16-10/h3-4,7-8,15H,2,5-6H2,1H3. The molecule has 2 aromatic rings. The zero-order chi connectivity index (χ0) is 11.5. The van der Waals surface area contributed by atoms with Gasteiger partial charge >= 0.3 is 0 Å². The van der Waals surface area contributed by atoms with E-state index >= 15 is 0 Å². The molecule has 0 aliphatic carbocycles. The molecule has 3 nitrogen and oxygen atoms in total. The first-order valence-electron chi connectivity index (χ1n) is 5.29. The molecule has 1 atom stereocenters. The van der Waals surface area contributed by atoms with Crippen molar-refractivity contribution in [2.45, 2.75) is 19.9 Å². The van der Waals surface area contributed by atoms with Crippen LogP contribution in [0.25, 0.3) is 10.2 Å². The van der Waals surface area contributed by atoms with Crippen molar-refractivity contribution in [3.63, 3.8) is 0 Å². The van der Waals surface area contributed by atoms with E-state index in [0.717, 1.165) is 22.4 Å². The van der Waals surface area contributed by atoms with E-state index in [9.17, 15) is 4.79 Å². The lowest BCUT2D eigenvalue weighted by molar-refractivity contribution is 0.466. The summed E-state index contributed by atoms with van der Waals surface area (Å²) in [6, 6.07) is 1.84. The molecular weight excluding hydrogens is 240 g/mol. The molecule has 0 radical (unpaired) electrons. The van der Waals surface area contributed by atoms with Crippen molar-refractivity contribution < 1.29 is 0 Å². The first-order valence-corrected chi connectivity index (χ1v) is 6.81. The monoisotopic (exact) mass is 254 g/mol. The summed E-state index contributed by atoms with van der Waals surface area (Å²) >= 11 is 5.79. The maximum absolute atomic E-state index is 12.1. The first kappa shape index (κ1) is 11.7. The summed E-state index contributed by atoms with van der Waals surface area (Å²) in [5, 5.41) is 2.63. The molecule has 2 heterocycles. The predicted octanol–water partition coefficient (Wildman–Crippen LogP) is 2.41. The molecule has 0 saturated carbocycles. The highest BCUT2D eigenvalue weighted by Gasteiger charge is 2.09. The van der Waals surface area contributed by atoms with Crippen LogP contribution in [0.4, 0.5) is 0 Å². The van der Waals surface area contributed by atoms with Gasteiger partial charge in [0, 0.05) is 6.54 Å². The Morgan fingerprint density at radius 3 is 3.12 bits per heavy atom. The van der Waals surface area contributed by atoms with Gasteiger partial charge in [0.15, 0.2) is 0 Å². The van der Waals surface area contributed by atoms with Crippen molar-refractivity contribution in [3.8, 4) is 0 Å². The molecule has 0 aliphatic rings. The molecule has 1 unspecified atom stereocenters. The third-order valence-electron chi connectivity index (χ3n) is 2.74. The molecule has 86 valence electrons. The Hall–Kier alpha value is -0.810. The minimum Gasteiger partial charge on any atom is -0.298 e. The Labute approximate surface area is 104 Å². The molecule has 0 bridgehead atoms. The van der Waals surface area contributed by atoms with Gasteiger partial charge in [-0.15, -0.1) is 11.3 Å². The second-order valence-electron chi connectivity index (χ2n) is 3.80. The normalized spacial score (nSPS) is 13.1. The first-order chi connectivity index (χ1) is 7.76. The third-order valence-corrected chi connectivity index (χ3v) is 4.08. The number of fused-ring (bicyclic) bond motifs is 1. The van der Waals surface area contributed by atoms with Crippen LogP contribution in [0.1, 0.15) is 13.3 Å². The highest BCUT2D eigenvalue weighted by molar-refractivity contribution is 7.80. The Balaban J connectivity index is 2.37. The summed E-state index contributed by atoms with van der Waals surface area (Å²) in [6.45, 7) is 2.82. The fourth-order valence-electron chi connectivity index (χ4n) is 1.62. The van der Waals surface area contributed by atoms with Gasteiger partial charge in [0.2, 0.25) is 0 Å². The average molecular weight is 254 g/mol. The summed E-state index contributed by atoms with van der Waals surface area (Å²) in [6.07, 6.45) is 2.67. The van der Waals surface area contributed by atoms with Crippen molar-refractivity contribution >= 4 is 34.2 Å². The lowest BCUT2D eigenvalue weighted by atomic mass is 10.1. The number of hydrogen-bond acceptors (Lipinski definition) is 4. The smallest absolute Gasteiger partial charge is 0.262 e. The van der Waals surface area contributed by atoms with Crippen LogP contribution in [-0.2, 0) is 6.54 Å². The molecular formula is C11H14N2OS2. The maximum Gasteiger partial charge on any atom is 0.262 e. The van der Waals surface area contributed by atoms with Crippen LogP contribution in [0.3, 0.4) is 0 Å². The lowest BCUT2D eigenvalue weighted by Gasteiger charge is -2.13. The Kier molecular flexibility index (Phi) is 3.66. The summed E-state index contributed by atoms with van der Waals surface area (Å²) in [4.78, 5) is 17.2. The second-order valence-corrected chi connectivity index (χ2v) is 5.06. The van der Waals surface area contributed by atoms with Crippen LogP contribution in [0.5, 0.6) is 0 Å². The van der Waals surface area contributed by atoms with Crippen molar-refractivity contribution in [3.05, 3.63) is 28.1 Å². The van der Waals surface area contributed by atoms with Gasteiger partial charge in [0.25, 0.3) is 5.56 Å². The van der Waals surface area contributed by atoms with E-state index in [-0.39, 0.29) is 5.56 Å². The average Bonchev–Trinajstić information content (AvgIpc) is 2.77. The van der Waals surface area contributed by atoms with Crippen LogP contribution < -0.4 is 5.56 Å². The number of aromatic nitrogens is 2. The summed E-state index contributed by atoms with van der Waals surface area (Å²) in [5.41, 5.74) is 0.0616. The molecule has 0 aromatic carbocycles. The predicted molar refractivity (Wildman–Crippen MR) is 71.5 cm³/mol. The SMILES string of the molecule is CCC(CS)Cn1cnc2sccc2c1=O. The van der Waals surface area contributed by atoms with Gasteiger partial charge in [0.1, 0.15) is 4.83 Å². The molecule has 0 fully saturated rings. The van der Waals surface area contributed by atoms with Gasteiger partial charge in [-0.3, -0.25) is 9.36 Å². The maximum atomic E-state index is 12.1. The van der Waals surface area contributed by atoms with Crippen LogP contribution in [0.2, 0.25) is 0 Å². The van der Waals surface area contributed by atoms with Crippen molar-refractivity contribution in [2.75, 3.05) is 5.75 Å². The quantitative estimate of drug-likeness (QED) is 0.850. The summed E-state index contributed by atoms with van der Waals surface area (Å²) in [5.74, 6) is 1.23. The van der Waals surface area contributed by atoms with Crippen LogP contribution in [0, 0.1) is 5.92 Å². The lowest BCUT2D eigenvalue weighted by Crippen LogP contribution is -2.24. The van der Waals surface area contributed by atoms with E-state index in [0.29, 0.717) is 12.5 Å². The van der Waals surface area contributed by atoms with Gasteiger partial charge in [-0.2, -0.15) is 12.6 Å². The van der Waals surface area contributed by atoms with E-state index in [1.165, 1.54) is 11.3 Å². The fraction of sp³-hybridized carbons (Fsp3) is 0.455. The van der Waals surface area contributed by atoms with E-state index in [1.54, 1.807) is 10.9 Å². The molecule has 0 aliphatic heterocycles. The molecule has 0 N–H and O–H groups in total. The molecule has 16 heavy (non-hydrogen) atoms. The van der Waals surface area contributed by atoms with Crippen LogP contribution in [0.15, 0.2) is 22.6 Å². The number of thiol groups is 1. The van der Waals surface area contributed by atoms with Crippen LogP contribution in [-0.4, -0.2) is 15.3 Å². The van der Waals surface area contributed by atoms with E-state index in [4.69, 9.17) is 0 Å². The number of rotatable bonds is 4. The largest absolute Gasteiger partial charge is 0.298 e. The van der Waals surface area contributed by atoms with Crippen molar-refractivity contribution in [2.24, 2.45) is 5.92 Å². The van der Waals surface area contributed by atoms with E-state index in [1.807, 2.05) is 11.4 Å². The highest BCUT2D eigenvalue weighted by atomic mass is 32.1. The molecule has 0 amide bonds. The van der Waals surface area contributed by atoms with Gasteiger partial charge in [-0.25, -0.2) is 4.98 Å². The Bertz CT molecular complexity index is 528. The van der Waals surface area contributed by atoms with Gasteiger partial charge in [-0.05, 0) is 23.1 Å². The molecule has 2 aromatic heterocycles. The molecule has 2 rings (SSSR count). The molecule has 0 saturated heterocycles. The van der Waals surface area contributed by atoms with E-state index in [2.05, 4.69) is 24.5 Å². The van der Waals surface area contributed by atoms with E-state index < -0.39 is 0 Å². The van der Waals surface area contributed by atoms with Gasteiger partial charge in [-0.1, -0.05) is 13.3 Å². The van der Waals surface area contributed by atoms with Crippen LogP contribution >= 0.6 is 24.0 Å². The van der Waals surface area contributed by atoms with Gasteiger partial charge < -0.3 is 0 Å². The minimum atomic E-state index is 0.0616. The minimum absolute atomic E-state index is 0.0616. The summed E-state index contributed by atoms with van der Waals surface area (Å²) < 4.78 is 1.69. The third kappa shape index (κ3) is 2.15. The van der Waals surface area contributed by atoms with Crippen molar-refractivity contribution in [1.82, 2.24) is 9.55 Å². The fourth-order valence-corrected chi connectivity index (χ4v) is 2.71. The number of nitrogens with zero attached hydrogens (tertiary/aromatic N) is 2.